The second-order valence-electron chi connectivity index (χ2n) is 9.86. The van der Waals surface area contributed by atoms with E-state index in [0.717, 1.165) is 15.7 Å². The van der Waals surface area contributed by atoms with Crippen molar-refractivity contribution in [2.75, 3.05) is 13.2 Å². The van der Waals surface area contributed by atoms with Crippen LogP contribution in [-0.2, 0) is 17.8 Å². The summed E-state index contributed by atoms with van der Waals surface area (Å²) in [4.78, 5) is 32.6. The molecule has 3 atom stereocenters. The summed E-state index contributed by atoms with van der Waals surface area (Å²) in [5.74, 6) is -0.111. The number of benzene rings is 2. The molecule has 15 heteroatoms. The van der Waals surface area contributed by atoms with E-state index in [0.29, 0.717) is 35.0 Å². The highest BCUT2D eigenvalue weighted by molar-refractivity contribution is 6.30. The zero-order valence-electron chi connectivity index (χ0n) is 21.3. The molecule has 2 fully saturated rings. The van der Waals surface area contributed by atoms with Gasteiger partial charge in [-0.2, -0.15) is 13.2 Å². The average Bonchev–Trinajstić information content (AvgIpc) is 3.75. The Kier molecular flexibility index (Phi) is 6.91. The Morgan fingerprint density at radius 1 is 1.15 bits per heavy atom. The first-order valence-electron chi connectivity index (χ1n) is 12.7. The number of hydrogen-bond donors (Lipinski definition) is 1. The van der Waals surface area contributed by atoms with Gasteiger partial charge in [-0.1, -0.05) is 23.7 Å². The molecule has 2 aliphatic rings. The number of aliphatic hydroxyl groups is 1. The van der Waals surface area contributed by atoms with E-state index in [1.807, 2.05) is 0 Å². The number of alkyl halides is 3. The number of hydrogen-bond acceptors (Lipinski definition) is 7. The number of morpholine rings is 1. The SMILES string of the molecule is O=C(c1ccccc1-n1cnc(Cn2nc(-c3ccc(Cl)cc3)n(C[C@H](O)C(F)(F)F)c2=O)n1)N1C[C@@H]2C[C@H]1CO2. The third-order valence-corrected chi connectivity index (χ3v) is 7.38. The minimum atomic E-state index is -4.94. The van der Waals surface area contributed by atoms with Crippen molar-refractivity contribution < 1.29 is 27.8 Å². The van der Waals surface area contributed by atoms with Crippen molar-refractivity contribution in [1.29, 1.82) is 0 Å². The molecule has 214 valence electrons. The lowest BCUT2D eigenvalue weighted by Crippen LogP contribution is -2.41. The van der Waals surface area contributed by atoms with E-state index in [9.17, 15) is 27.9 Å². The summed E-state index contributed by atoms with van der Waals surface area (Å²) >= 11 is 5.93. The van der Waals surface area contributed by atoms with E-state index in [4.69, 9.17) is 16.3 Å². The number of nitrogens with zero attached hydrogens (tertiary/aromatic N) is 7. The minimum absolute atomic E-state index is 0.0274. The third-order valence-electron chi connectivity index (χ3n) is 7.13. The molecule has 2 aromatic heterocycles. The lowest BCUT2D eigenvalue weighted by atomic mass is 10.1. The number of likely N-dealkylation sites (tertiary alicyclic amines) is 1. The summed E-state index contributed by atoms with van der Waals surface area (Å²) in [5, 5.41) is 18.7. The smallest absolute Gasteiger partial charge is 0.382 e. The maximum atomic E-state index is 13.4. The molecule has 41 heavy (non-hydrogen) atoms. The van der Waals surface area contributed by atoms with Crippen molar-refractivity contribution in [2.45, 2.75) is 43.9 Å². The van der Waals surface area contributed by atoms with Crippen molar-refractivity contribution in [2.24, 2.45) is 0 Å². The zero-order valence-corrected chi connectivity index (χ0v) is 22.0. The first kappa shape index (κ1) is 27.2. The summed E-state index contributed by atoms with van der Waals surface area (Å²) in [6.45, 7) is -0.303. The number of carbonyl (C=O) groups excluding carboxylic acids is 1. The maximum absolute atomic E-state index is 13.4. The van der Waals surface area contributed by atoms with Crippen LogP contribution in [0.5, 0.6) is 0 Å². The van der Waals surface area contributed by atoms with Crippen LogP contribution in [0.3, 0.4) is 0 Å². The average molecular weight is 590 g/mol. The van der Waals surface area contributed by atoms with E-state index < -0.39 is 24.5 Å². The number of para-hydroxylation sites is 1. The Morgan fingerprint density at radius 2 is 1.90 bits per heavy atom. The van der Waals surface area contributed by atoms with E-state index >= 15 is 0 Å². The van der Waals surface area contributed by atoms with Crippen molar-refractivity contribution in [3.63, 3.8) is 0 Å². The molecule has 1 N–H and O–H groups in total. The van der Waals surface area contributed by atoms with Gasteiger partial charge in [-0.3, -0.25) is 9.36 Å². The van der Waals surface area contributed by atoms with Crippen LogP contribution in [0.1, 0.15) is 22.6 Å². The van der Waals surface area contributed by atoms with Crippen molar-refractivity contribution >= 4 is 17.5 Å². The molecule has 0 radical (unpaired) electrons. The predicted octanol–water partition coefficient (Wildman–Crippen LogP) is 2.53. The number of fused-ring (bicyclic) bond motifs is 2. The molecule has 2 saturated heterocycles. The molecule has 0 spiro atoms. The van der Waals surface area contributed by atoms with Gasteiger partial charge in [-0.05, 0) is 42.8 Å². The minimum Gasteiger partial charge on any atom is -0.382 e. The van der Waals surface area contributed by atoms with Crippen molar-refractivity contribution in [1.82, 2.24) is 34.0 Å². The molecule has 6 rings (SSSR count). The van der Waals surface area contributed by atoms with Gasteiger partial charge < -0.3 is 14.7 Å². The Bertz CT molecular complexity index is 1650. The largest absolute Gasteiger partial charge is 0.416 e. The van der Waals surface area contributed by atoms with Crippen LogP contribution in [0.25, 0.3) is 17.1 Å². The van der Waals surface area contributed by atoms with Crippen molar-refractivity contribution in [3.8, 4) is 17.1 Å². The Hall–Kier alpha value is -4.01. The third kappa shape index (κ3) is 5.25. The molecule has 4 aromatic rings. The Balaban J connectivity index is 1.30. The molecule has 0 aliphatic carbocycles. The number of aromatic nitrogens is 6. The Labute approximate surface area is 235 Å². The number of halogens is 4. The number of ether oxygens (including phenoxy) is 1. The van der Waals surface area contributed by atoms with Crippen LogP contribution in [0.4, 0.5) is 13.2 Å². The number of rotatable bonds is 7. The molecular formula is C26H23ClF3N7O4. The van der Waals surface area contributed by atoms with Gasteiger partial charge in [-0.25, -0.2) is 19.1 Å². The zero-order chi connectivity index (χ0) is 28.9. The normalized spacial score (nSPS) is 19.2. The lowest BCUT2D eigenvalue weighted by molar-refractivity contribution is -0.207. The molecule has 1 amide bonds. The van der Waals surface area contributed by atoms with Gasteiger partial charge in [0.2, 0.25) is 0 Å². The van der Waals surface area contributed by atoms with Crippen LogP contribution in [-0.4, -0.2) is 82.6 Å². The quantitative estimate of drug-likeness (QED) is 0.352. The van der Waals surface area contributed by atoms with Gasteiger partial charge in [0.1, 0.15) is 12.9 Å². The summed E-state index contributed by atoms with van der Waals surface area (Å²) in [5.41, 5.74) is 0.333. The molecule has 4 heterocycles. The van der Waals surface area contributed by atoms with Crippen molar-refractivity contribution in [3.05, 3.63) is 81.8 Å². The fourth-order valence-corrected chi connectivity index (χ4v) is 5.20. The summed E-state index contributed by atoms with van der Waals surface area (Å²) in [6, 6.07) is 13.0. The van der Waals surface area contributed by atoms with Gasteiger partial charge in [0.25, 0.3) is 5.91 Å². The van der Waals surface area contributed by atoms with Gasteiger partial charge in [-0.15, -0.1) is 10.2 Å². The summed E-state index contributed by atoms with van der Waals surface area (Å²) in [6.07, 6.45) is -5.49. The molecule has 2 aromatic carbocycles. The van der Waals surface area contributed by atoms with E-state index in [1.165, 1.54) is 35.3 Å². The van der Waals surface area contributed by atoms with E-state index in [-0.39, 0.29) is 36.2 Å². The lowest BCUT2D eigenvalue weighted by Gasteiger charge is -2.27. The summed E-state index contributed by atoms with van der Waals surface area (Å²) < 4.78 is 48.1. The second-order valence-corrected chi connectivity index (χ2v) is 10.3. The molecule has 2 bridgehead atoms. The van der Waals surface area contributed by atoms with Gasteiger partial charge in [0.15, 0.2) is 17.8 Å². The molecular weight excluding hydrogens is 567 g/mol. The highest BCUT2D eigenvalue weighted by atomic mass is 35.5. The molecule has 11 nitrogen and oxygen atoms in total. The second kappa shape index (κ2) is 10.4. The first-order chi connectivity index (χ1) is 19.6. The number of carbonyl (C=O) groups is 1. The van der Waals surface area contributed by atoms with Gasteiger partial charge in [0.05, 0.1) is 36.5 Å². The standard InChI is InChI=1S/C26H23ClF3N7O4/c27-16-7-5-15(6-8-16)23-33-36(25(40)35(23)11-21(38)26(28,29)30)12-22-31-14-37(32-22)20-4-2-1-3-19(20)24(39)34-10-18-9-17(34)13-41-18/h1-8,14,17-18,21,38H,9-13H2/t17-,18-,21-/m0/s1. The topological polar surface area (TPSA) is 120 Å². The molecule has 2 aliphatic heterocycles. The fourth-order valence-electron chi connectivity index (χ4n) is 5.07. The number of amides is 1. The van der Waals surface area contributed by atoms with Crippen LogP contribution in [0.15, 0.2) is 59.7 Å². The fraction of sp³-hybridized carbons (Fsp3) is 0.346. The Morgan fingerprint density at radius 3 is 2.59 bits per heavy atom. The first-order valence-corrected chi connectivity index (χ1v) is 13.1. The van der Waals surface area contributed by atoms with Crippen LogP contribution < -0.4 is 5.69 Å². The van der Waals surface area contributed by atoms with Crippen LogP contribution in [0.2, 0.25) is 5.02 Å². The predicted molar refractivity (Wildman–Crippen MR) is 139 cm³/mol. The number of aliphatic hydroxyl groups excluding tert-OH is 1. The van der Waals surface area contributed by atoms with E-state index in [2.05, 4.69) is 15.2 Å². The van der Waals surface area contributed by atoms with Gasteiger partial charge >= 0.3 is 11.9 Å². The maximum Gasteiger partial charge on any atom is 0.416 e. The monoisotopic (exact) mass is 589 g/mol. The van der Waals surface area contributed by atoms with Crippen LogP contribution >= 0.6 is 11.6 Å². The highest BCUT2D eigenvalue weighted by Gasteiger charge is 2.42. The highest BCUT2D eigenvalue weighted by Crippen LogP contribution is 2.30. The molecule has 0 unspecified atom stereocenters. The summed E-state index contributed by atoms with van der Waals surface area (Å²) in [7, 11) is 0. The van der Waals surface area contributed by atoms with E-state index in [1.54, 1.807) is 29.2 Å². The van der Waals surface area contributed by atoms with Gasteiger partial charge in [0, 0.05) is 17.1 Å². The van der Waals surface area contributed by atoms with Crippen LogP contribution in [0, 0.1) is 0 Å². The molecule has 0 saturated carbocycles.